The molecule has 0 bridgehead atoms. The lowest BCUT2D eigenvalue weighted by atomic mass is 9.96. The van der Waals surface area contributed by atoms with Crippen LogP contribution < -0.4 is 10.6 Å². The van der Waals surface area contributed by atoms with Crippen molar-refractivity contribution in [3.05, 3.63) is 63.0 Å². The first-order chi connectivity index (χ1) is 20.2. The molecule has 13 nitrogen and oxygen atoms in total. The Bertz CT molecular complexity index is 1640. The largest absolute Gasteiger partial charge is 0.504 e. The molecular formula is C27H26Cl2N8O5. The number of fused-ring (bicyclic) bond motifs is 2. The number of hydrogen-bond acceptors (Lipinski definition) is 7. The van der Waals surface area contributed by atoms with Crippen molar-refractivity contribution in [2.45, 2.75) is 31.8 Å². The molecule has 0 saturated carbocycles. The summed E-state index contributed by atoms with van der Waals surface area (Å²) in [5, 5.41) is 34.2. The lowest BCUT2D eigenvalue weighted by Crippen LogP contribution is -2.51. The fourth-order valence-electron chi connectivity index (χ4n) is 5.12. The number of carboxylic acids is 1. The fraction of sp³-hybridized carbons (Fsp3) is 0.333. The van der Waals surface area contributed by atoms with E-state index < -0.39 is 17.9 Å². The molecule has 0 unspecified atom stereocenters. The Morgan fingerprint density at radius 2 is 1.95 bits per heavy atom. The van der Waals surface area contributed by atoms with Gasteiger partial charge in [-0.2, -0.15) is 5.26 Å². The van der Waals surface area contributed by atoms with E-state index in [2.05, 4.69) is 20.6 Å². The average molecular weight is 613 g/mol. The number of imidazole rings is 1. The number of aromatic nitrogens is 2. The molecule has 4 N–H and O–H groups in total. The number of aliphatic carboxylic acids is 1. The maximum Gasteiger partial charge on any atom is 0.328 e. The van der Waals surface area contributed by atoms with Gasteiger partial charge in [-0.15, -0.1) is 4.99 Å². The van der Waals surface area contributed by atoms with Crippen LogP contribution in [0.2, 0.25) is 10.0 Å². The number of benzene rings is 1. The summed E-state index contributed by atoms with van der Waals surface area (Å²) in [6.45, 7) is 1.59. The molecule has 15 heteroatoms. The van der Waals surface area contributed by atoms with Crippen LogP contribution in [-0.4, -0.2) is 85.4 Å². The normalized spacial score (nSPS) is 15.7. The zero-order chi connectivity index (χ0) is 30.0. The molecule has 4 heterocycles. The first kappa shape index (κ1) is 29.0. The van der Waals surface area contributed by atoms with Crippen LogP contribution in [0.5, 0.6) is 5.75 Å². The Labute approximate surface area is 250 Å². The standard InChI is InChI=1S/C27H26Cl2N8O5/c28-17-10-15-12-37(25(40)19-13-36-8-3-4-20(38)23(36)33-19)9-5-16(15)22(29)21(17)24(39)34-18(26(41)42)11-31-27(32-14-30)35-6-1-2-7-35/h3-4,8,10,13,18,38H,1-2,5-7,9,11-12H2,(H,31,32)(H,34,39)(H,41,42)/t18-/m0/s1. The third-order valence-corrected chi connectivity index (χ3v) is 7.94. The van der Waals surface area contributed by atoms with Gasteiger partial charge >= 0.3 is 5.97 Å². The number of aliphatic imine (C=N–C) groups is 1. The van der Waals surface area contributed by atoms with Gasteiger partial charge in [0, 0.05) is 45.1 Å². The molecule has 2 aliphatic heterocycles. The Morgan fingerprint density at radius 3 is 2.64 bits per heavy atom. The van der Waals surface area contributed by atoms with Gasteiger partial charge in [0.05, 0.1) is 15.6 Å². The third-order valence-electron chi connectivity index (χ3n) is 7.23. The summed E-state index contributed by atoms with van der Waals surface area (Å²) in [7, 11) is 0. The van der Waals surface area contributed by atoms with E-state index in [0.29, 0.717) is 30.6 Å². The second-order valence-corrected chi connectivity index (χ2v) is 10.7. The highest BCUT2D eigenvalue weighted by molar-refractivity contribution is 6.40. The predicted octanol–water partition coefficient (Wildman–Crippen LogP) is 2.25. The van der Waals surface area contributed by atoms with Gasteiger partial charge in [0.1, 0.15) is 11.7 Å². The topological polar surface area (TPSA) is 176 Å². The summed E-state index contributed by atoms with van der Waals surface area (Å²) < 4.78 is 1.56. The molecule has 0 radical (unpaired) electrons. The number of nitrogens with one attached hydrogen (secondary N) is 2. The van der Waals surface area contributed by atoms with Crippen molar-refractivity contribution in [1.29, 1.82) is 5.26 Å². The Kier molecular flexibility index (Phi) is 8.37. The Hall–Kier alpha value is -4.54. The summed E-state index contributed by atoms with van der Waals surface area (Å²) in [4.78, 5) is 49.8. The highest BCUT2D eigenvalue weighted by atomic mass is 35.5. The van der Waals surface area contributed by atoms with Crippen molar-refractivity contribution in [1.82, 2.24) is 29.8 Å². The molecule has 5 rings (SSSR count). The molecule has 3 aromatic rings. The number of carbonyl (C=O) groups excluding carboxylic acids is 2. The van der Waals surface area contributed by atoms with Crippen molar-refractivity contribution >= 4 is 52.6 Å². The van der Waals surface area contributed by atoms with Crippen molar-refractivity contribution in [2.75, 3.05) is 26.2 Å². The summed E-state index contributed by atoms with van der Waals surface area (Å²) in [5.74, 6) is -2.21. The predicted molar refractivity (Wildman–Crippen MR) is 153 cm³/mol. The molecule has 1 fully saturated rings. The zero-order valence-electron chi connectivity index (χ0n) is 22.2. The molecule has 1 saturated heterocycles. The molecular weight excluding hydrogens is 587 g/mol. The van der Waals surface area contributed by atoms with Crippen LogP contribution in [0.4, 0.5) is 0 Å². The first-order valence-electron chi connectivity index (χ1n) is 13.1. The summed E-state index contributed by atoms with van der Waals surface area (Å²) in [5.41, 5.74) is 1.63. The zero-order valence-corrected chi connectivity index (χ0v) is 23.7. The van der Waals surface area contributed by atoms with Crippen LogP contribution in [0.25, 0.3) is 5.65 Å². The van der Waals surface area contributed by atoms with Crippen LogP contribution in [0.3, 0.4) is 0 Å². The van der Waals surface area contributed by atoms with E-state index in [1.165, 1.54) is 12.3 Å². The molecule has 0 aliphatic carbocycles. The van der Waals surface area contributed by atoms with Crippen LogP contribution in [0.15, 0.2) is 35.6 Å². The molecule has 2 amide bonds. The van der Waals surface area contributed by atoms with Crippen molar-refractivity contribution in [2.24, 2.45) is 4.99 Å². The maximum atomic E-state index is 13.2. The smallest absolute Gasteiger partial charge is 0.328 e. The summed E-state index contributed by atoms with van der Waals surface area (Å²) in [6, 6.07) is 3.29. The van der Waals surface area contributed by atoms with Crippen LogP contribution in [0.1, 0.15) is 44.8 Å². The van der Waals surface area contributed by atoms with E-state index in [1.54, 1.807) is 33.8 Å². The second-order valence-electron chi connectivity index (χ2n) is 9.89. The maximum absolute atomic E-state index is 13.2. The minimum absolute atomic E-state index is 0.00379. The number of nitrogens with zero attached hydrogens (tertiary/aromatic N) is 6. The number of nitriles is 1. The molecule has 1 aromatic carbocycles. The first-order valence-corrected chi connectivity index (χ1v) is 13.9. The molecule has 2 aliphatic rings. The fourth-order valence-corrected chi connectivity index (χ4v) is 5.88. The molecule has 218 valence electrons. The van der Waals surface area contributed by atoms with Gasteiger partial charge < -0.3 is 35.0 Å². The number of aromatic hydroxyl groups is 1. The van der Waals surface area contributed by atoms with Crippen LogP contribution in [-0.2, 0) is 17.8 Å². The number of hydrogen-bond donors (Lipinski definition) is 4. The van der Waals surface area contributed by atoms with Gasteiger partial charge in [0.2, 0.25) is 12.2 Å². The number of guanidine groups is 1. The van der Waals surface area contributed by atoms with Crippen molar-refractivity contribution < 1.29 is 24.6 Å². The Balaban J connectivity index is 1.30. The molecule has 1 atom stereocenters. The number of rotatable bonds is 6. The van der Waals surface area contributed by atoms with Gasteiger partial charge in [0.15, 0.2) is 11.4 Å². The van der Waals surface area contributed by atoms with E-state index in [1.807, 2.05) is 4.90 Å². The van der Waals surface area contributed by atoms with E-state index in [-0.39, 0.29) is 64.2 Å². The quantitative estimate of drug-likeness (QED) is 0.185. The summed E-state index contributed by atoms with van der Waals surface area (Å²) >= 11 is 13.1. The van der Waals surface area contributed by atoms with Gasteiger partial charge in [-0.25, -0.2) is 9.78 Å². The van der Waals surface area contributed by atoms with E-state index in [0.717, 1.165) is 12.8 Å². The molecule has 0 spiro atoms. The summed E-state index contributed by atoms with van der Waals surface area (Å²) in [6.07, 6.45) is 7.10. The number of halogens is 2. The average Bonchev–Trinajstić information content (AvgIpc) is 3.65. The second kappa shape index (κ2) is 12.1. The van der Waals surface area contributed by atoms with E-state index in [4.69, 9.17) is 28.5 Å². The highest BCUT2D eigenvalue weighted by Crippen LogP contribution is 2.35. The minimum atomic E-state index is -1.37. The van der Waals surface area contributed by atoms with Crippen LogP contribution in [0, 0.1) is 11.5 Å². The number of pyridine rings is 1. The van der Waals surface area contributed by atoms with Gasteiger partial charge in [-0.05, 0) is 48.6 Å². The van der Waals surface area contributed by atoms with Crippen LogP contribution >= 0.6 is 23.2 Å². The highest BCUT2D eigenvalue weighted by Gasteiger charge is 2.30. The number of likely N-dealkylation sites (tertiary alicyclic amines) is 1. The van der Waals surface area contributed by atoms with Gasteiger partial charge in [-0.1, -0.05) is 23.2 Å². The Morgan fingerprint density at radius 1 is 1.19 bits per heavy atom. The molecule has 42 heavy (non-hydrogen) atoms. The monoisotopic (exact) mass is 612 g/mol. The van der Waals surface area contributed by atoms with Gasteiger partial charge in [-0.3, -0.25) is 9.59 Å². The molecule has 2 aromatic heterocycles. The van der Waals surface area contributed by atoms with E-state index >= 15 is 0 Å². The lowest BCUT2D eigenvalue weighted by Gasteiger charge is -2.30. The minimum Gasteiger partial charge on any atom is -0.504 e. The van der Waals surface area contributed by atoms with E-state index in [9.17, 15) is 24.6 Å². The van der Waals surface area contributed by atoms with Crippen molar-refractivity contribution in [3.63, 3.8) is 0 Å². The third kappa shape index (κ3) is 5.77. The number of amides is 2. The lowest BCUT2D eigenvalue weighted by molar-refractivity contribution is -0.139. The van der Waals surface area contributed by atoms with Gasteiger partial charge in [0.25, 0.3) is 11.8 Å². The van der Waals surface area contributed by atoms with Crippen molar-refractivity contribution in [3.8, 4) is 11.9 Å². The number of carboxylic acid groups (broad SMARTS) is 1. The SMILES string of the molecule is N#C/N=C(/NC[C@H](NC(=O)c1c(Cl)cc2c(c1Cl)CCN(C(=O)c1cn3cccc(O)c3n1)C2)C(=O)O)N1CCCC1. The number of carbonyl (C=O) groups is 3.